The predicted molar refractivity (Wildman–Crippen MR) is 128 cm³/mol. The molecule has 1 N–H and O–H groups in total. The molecule has 8 heteroatoms. The number of amides is 1. The van der Waals surface area contributed by atoms with Crippen molar-refractivity contribution >= 4 is 50.3 Å². The number of aromatic nitrogens is 3. The standard InChI is InChI=1S/C23H21BrN4O2S/c1-4-9-28-22(20-12-16-7-5-6-8-19(16)30-20)26-27-23(28)31-13-21(29)25-18-11-15(3)14(2)10-17(18)24/h4-8,10-12H,1,9,13H2,2-3H3,(H,25,29). The van der Waals surface area contributed by atoms with E-state index in [9.17, 15) is 4.79 Å². The lowest BCUT2D eigenvalue weighted by atomic mass is 10.1. The van der Waals surface area contributed by atoms with E-state index in [-0.39, 0.29) is 11.7 Å². The van der Waals surface area contributed by atoms with Gasteiger partial charge in [0.05, 0.1) is 11.4 Å². The highest BCUT2D eigenvalue weighted by atomic mass is 79.9. The van der Waals surface area contributed by atoms with Crippen molar-refractivity contribution in [2.45, 2.75) is 25.5 Å². The van der Waals surface area contributed by atoms with Crippen molar-refractivity contribution in [3.05, 3.63) is 70.7 Å². The summed E-state index contributed by atoms with van der Waals surface area (Å²) in [6.45, 7) is 8.39. The Hall–Kier alpha value is -2.84. The van der Waals surface area contributed by atoms with Crippen molar-refractivity contribution in [1.29, 1.82) is 0 Å². The molecule has 0 saturated heterocycles. The maximum absolute atomic E-state index is 12.5. The largest absolute Gasteiger partial charge is 0.453 e. The number of nitrogens with one attached hydrogen (secondary N) is 1. The number of para-hydroxylation sites is 1. The molecule has 0 radical (unpaired) electrons. The van der Waals surface area contributed by atoms with Crippen molar-refractivity contribution < 1.29 is 9.21 Å². The molecule has 0 saturated carbocycles. The monoisotopic (exact) mass is 496 g/mol. The number of hydrogen-bond donors (Lipinski definition) is 1. The highest BCUT2D eigenvalue weighted by Gasteiger charge is 2.18. The van der Waals surface area contributed by atoms with E-state index in [2.05, 4.69) is 38.0 Å². The van der Waals surface area contributed by atoms with Crippen molar-refractivity contribution in [1.82, 2.24) is 14.8 Å². The van der Waals surface area contributed by atoms with Crippen LogP contribution in [0, 0.1) is 13.8 Å². The van der Waals surface area contributed by atoms with Gasteiger partial charge in [-0.05, 0) is 65.2 Å². The predicted octanol–water partition coefficient (Wildman–Crippen LogP) is 5.99. The quantitative estimate of drug-likeness (QED) is 0.251. The number of nitrogens with zero attached hydrogens (tertiary/aromatic N) is 3. The third-order valence-electron chi connectivity index (χ3n) is 4.86. The topological polar surface area (TPSA) is 73.0 Å². The smallest absolute Gasteiger partial charge is 0.234 e. The lowest BCUT2D eigenvalue weighted by molar-refractivity contribution is -0.113. The molecule has 2 aromatic carbocycles. The Labute approximate surface area is 192 Å². The summed E-state index contributed by atoms with van der Waals surface area (Å²) in [5.41, 5.74) is 3.82. The Bertz CT molecular complexity index is 1250. The first-order valence-electron chi connectivity index (χ1n) is 9.68. The number of carbonyl (C=O) groups is 1. The molecule has 2 aromatic heterocycles. The molecule has 0 aliphatic carbocycles. The van der Waals surface area contributed by atoms with E-state index < -0.39 is 0 Å². The molecule has 0 bridgehead atoms. The van der Waals surface area contributed by atoms with E-state index in [1.165, 1.54) is 11.8 Å². The Morgan fingerprint density at radius 2 is 2.00 bits per heavy atom. The van der Waals surface area contributed by atoms with Gasteiger partial charge in [0.25, 0.3) is 0 Å². The van der Waals surface area contributed by atoms with Crippen molar-refractivity contribution in [2.75, 3.05) is 11.1 Å². The van der Waals surface area contributed by atoms with Crippen LogP contribution in [0.1, 0.15) is 11.1 Å². The van der Waals surface area contributed by atoms with Gasteiger partial charge in [0.2, 0.25) is 11.7 Å². The van der Waals surface area contributed by atoms with E-state index in [1.54, 1.807) is 6.08 Å². The van der Waals surface area contributed by atoms with Crippen LogP contribution in [0.2, 0.25) is 0 Å². The second-order valence-electron chi connectivity index (χ2n) is 7.11. The lowest BCUT2D eigenvalue weighted by Crippen LogP contribution is -2.15. The number of thioether (sulfide) groups is 1. The molecule has 0 fully saturated rings. The zero-order chi connectivity index (χ0) is 22.0. The van der Waals surface area contributed by atoms with Crippen LogP contribution < -0.4 is 5.32 Å². The fourth-order valence-corrected chi connectivity index (χ4v) is 4.46. The van der Waals surface area contributed by atoms with Crippen LogP contribution in [0.15, 0.2) is 69.2 Å². The van der Waals surface area contributed by atoms with Gasteiger partial charge in [0.15, 0.2) is 10.9 Å². The summed E-state index contributed by atoms with van der Waals surface area (Å²) in [4.78, 5) is 12.5. The third kappa shape index (κ3) is 4.60. The van der Waals surface area contributed by atoms with Gasteiger partial charge < -0.3 is 9.73 Å². The summed E-state index contributed by atoms with van der Waals surface area (Å²) < 4.78 is 8.70. The summed E-state index contributed by atoms with van der Waals surface area (Å²) in [6.07, 6.45) is 1.77. The van der Waals surface area contributed by atoms with Gasteiger partial charge in [-0.1, -0.05) is 36.0 Å². The molecule has 4 rings (SSSR count). The minimum Gasteiger partial charge on any atom is -0.453 e. The molecule has 6 nitrogen and oxygen atoms in total. The van der Waals surface area contributed by atoms with Crippen molar-refractivity contribution in [3.63, 3.8) is 0 Å². The average molecular weight is 497 g/mol. The van der Waals surface area contributed by atoms with Gasteiger partial charge in [-0.15, -0.1) is 16.8 Å². The number of benzene rings is 2. The van der Waals surface area contributed by atoms with Gasteiger partial charge >= 0.3 is 0 Å². The molecule has 4 aromatic rings. The average Bonchev–Trinajstić information content (AvgIpc) is 3.34. The molecular weight excluding hydrogens is 476 g/mol. The maximum Gasteiger partial charge on any atom is 0.234 e. The Morgan fingerprint density at radius 3 is 2.77 bits per heavy atom. The van der Waals surface area contributed by atoms with Crippen LogP contribution in [0.4, 0.5) is 5.69 Å². The van der Waals surface area contributed by atoms with E-state index in [4.69, 9.17) is 4.42 Å². The van der Waals surface area contributed by atoms with Gasteiger partial charge in [-0.2, -0.15) is 0 Å². The number of aryl methyl sites for hydroxylation is 2. The molecule has 0 spiro atoms. The number of hydrogen-bond acceptors (Lipinski definition) is 5. The van der Waals surface area contributed by atoms with Gasteiger partial charge in [-0.3, -0.25) is 9.36 Å². The van der Waals surface area contributed by atoms with Crippen molar-refractivity contribution in [2.24, 2.45) is 0 Å². The molecule has 0 aliphatic heterocycles. The first-order valence-corrected chi connectivity index (χ1v) is 11.5. The minimum absolute atomic E-state index is 0.118. The van der Waals surface area contributed by atoms with Crippen molar-refractivity contribution in [3.8, 4) is 11.6 Å². The molecule has 0 atom stereocenters. The first kappa shape index (κ1) is 21.4. The number of fused-ring (bicyclic) bond motifs is 1. The second-order valence-corrected chi connectivity index (χ2v) is 8.90. The van der Waals surface area contributed by atoms with Crippen LogP contribution in [-0.4, -0.2) is 26.4 Å². The Morgan fingerprint density at radius 1 is 1.23 bits per heavy atom. The first-order chi connectivity index (χ1) is 15.0. The van der Waals surface area contributed by atoms with Crippen LogP contribution in [-0.2, 0) is 11.3 Å². The SMILES string of the molecule is C=CCn1c(SCC(=O)Nc2cc(C)c(C)cc2Br)nnc1-c1cc2ccccc2o1. The summed E-state index contributed by atoms with van der Waals surface area (Å²) in [5, 5.41) is 13.2. The summed E-state index contributed by atoms with van der Waals surface area (Å²) >= 11 is 4.83. The second kappa shape index (κ2) is 9.11. The van der Waals surface area contributed by atoms with Crippen LogP contribution in [0.3, 0.4) is 0 Å². The maximum atomic E-state index is 12.5. The molecule has 31 heavy (non-hydrogen) atoms. The number of halogens is 1. The summed E-state index contributed by atoms with van der Waals surface area (Å²) in [6, 6.07) is 13.7. The number of furan rings is 1. The van der Waals surface area contributed by atoms with Crippen LogP contribution >= 0.6 is 27.7 Å². The molecule has 0 aliphatic rings. The van der Waals surface area contributed by atoms with E-state index >= 15 is 0 Å². The van der Waals surface area contributed by atoms with Crippen LogP contribution in [0.5, 0.6) is 0 Å². The summed E-state index contributed by atoms with van der Waals surface area (Å²) in [7, 11) is 0. The molecule has 158 valence electrons. The summed E-state index contributed by atoms with van der Waals surface area (Å²) in [5.74, 6) is 1.32. The molecular formula is C23H21BrN4O2S. The van der Waals surface area contributed by atoms with E-state index in [0.717, 1.165) is 32.3 Å². The fraction of sp³-hybridized carbons (Fsp3) is 0.174. The van der Waals surface area contributed by atoms with E-state index in [0.29, 0.717) is 23.3 Å². The van der Waals surface area contributed by atoms with Gasteiger partial charge in [-0.25, -0.2) is 0 Å². The third-order valence-corrected chi connectivity index (χ3v) is 6.49. The highest BCUT2D eigenvalue weighted by Crippen LogP contribution is 2.30. The highest BCUT2D eigenvalue weighted by molar-refractivity contribution is 9.10. The van der Waals surface area contributed by atoms with E-state index in [1.807, 2.05) is 60.9 Å². The fourth-order valence-electron chi connectivity index (χ4n) is 3.16. The zero-order valence-corrected chi connectivity index (χ0v) is 19.6. The minimum atomic E-state index is -0.118. The zero-order valence-electron chi connectivity index (χ0n) is 17.2. The normalized spacial score (nSPS) is 11.1. The number of rotatable bonds is 7. The molecule has 1 amide bonds. The Balaban J connectivity index is 1.51. The number of allylic oxidation sites excluding steroid dienone is 1. The lowest BCUT2D eigenvalue weighted by Gasteiger charge is -2.10. The van der Waals surface area contributed by atoms with Gasteiger partial charge in [0.1, 0.15) is 5.58 Å². The number of anilines is 1. The van der Waals surface area contributed by atoms with Gasteiger partial charge in [0, 0.05) is 16.4 Å². The molecule has 0 unspecified atom stereocenters. The molecule has 2 heterocycles. The van der Waals surface area contributed by atoms with Crippen LogP contribution in [0.25, 0.3) is 22.6 Å². The number of carbonyl (C=O) groups excluding carboxylic acids is 1. The Kier molecular flexibility index (Phi) is 6.29.